The lowest BCUT2D eigenvalue weighted by atomic mass is 9.94. The van der Waals surface area contributed by atoms with Crippen molar-refractivity contribution in [2.24, 2.45) is 0 Å². The third kappa shape index (κ3) is 4.48. The maximum Gasteiger partial charge on any atom is 0.419 e. The summed E-state index contributed by atoms with van der Waals surface area (Å²) in [6.45, 7) is 1.21. The van der Waals surface area contributed by atoms with Crippen LogP contribution in [0.15, 0.2) is 61.4 Å². The number of tetrazole rings is 1. The van der Waals surface area contributed by atoms with Crippen LogP contribution in [0.25, 0.3) is 11.3 Å². The molecule has 0 saturated carbocycles. The second-order valence-electron chi connectivity index (χ2n) is 8.87. The van der Waals surface area contributed by atoms with Gasteiger partial charge < -0.3 is 14.6 Å². The lowest BCUT2D eigenvalue weighted by molar-refractivity contribution is -0.138. The van der Waals surface area contributed by atoms with Gasteiger partial charge in [-0.25, -0.2) is 19.3 Å². The van der Waals surface area contributed by atoms with Crippen LogP contribution in [0, 0.1) is 5.82 Å². The number of anilines is 3. The number of rotatable bonds is 5. The average molecular weight is 524 g/mol. The summed E-state index contributed by atoms with van der Waals surface area (Å²) < 4.78 is 56.3. The fourth-order valence-corrected chi connectivity index (χ4v) is 4.63. The third-order valence-corrected chi connectivity index (χ3v) is 6.55. The normalized spacial score (nSPS) is 14.8. The predicted octanol–water partition coefficient (Wildman–Crippen LogP) is 4.39. The minimum Gasteiger partial charge on any atom is -0.352 e. The molecule has 6 rings (SSSR count). The highest BCUT2D eigenvalue weighted by Crippen LogP contribution is 2.33. The molecule has 1 aliphatic rings. The molecule has 0 amide bonds. The molecule has 1 saturated heterocycles. The van der Waals surface area contributed by atoms with Gasteiger partial charge in [0, 0.05) is 55.2 Å². The summed E-state index contributed by atoms with van der Waals surface area (Å²) in [7, 11) is 0. The number of benzene rings is 1. The van der Waals surface area contributed by atoms with E-state index in [1.807, 2.05) is 33.8 Å². The average Bonchev–Trinajstić information content (AvgIpc) is 3.60. The summed E-state index contributed by atoms with van der Waals surface area (Å²) >= 11 is 0. The molecule has 194 valence electrons. The fourth-order valence-electron chi connectivity index (χ4n) is 4.63. The first-order valence-corrected chi connectivity index (χ1v) is 11.8. The lowest BCUT2D eigenvalue weighted by Crippen LogP contribution is -2.34. The Balaban J connectivity index is 1.17. The topological polar surface area (TPSA) is 102 Å². The van der Waals surface area contributed by atoms with Crippen LogP contribution in [0.2, 0.25) is 0 Å². The Morgan fingerprint density at radius 2 is 1.76 bits per heavy atom. The van der Waals surface area contributed by atoms with E-state index >= 15 is 0 Å². The maximum atomic E-state index is 14.7. The van der Waals surface area contributed by atoms with Gasteiger partial charge in [0.05, 0.1) is 11.3 Å². The number of imidazole rings is 1. The molecule has 10 nitrogen and oxygen atoms in total. The number of pyridine rings is 1. The number of hydrogen-bond acceptors (Lipinski definition) is 8. The van der Waals surface area contributed by atoms with Crippen LogP contribution in [0.3, 0.4) is 0 Å². The molecule has 0 atom stereocenters. The minimum atomic E-state index is -4.46. The number of aromatic nitrogens is 8. The highest BCUT2D eigenvalue weighted by molar-refractivity contribution is 5.74. The second-order valence-corrected chi connectivity index (χ2v) is 8.87. The van der Waals surface area contributed by atoms with Crippen LogP contribution in [0.4, 0.5) is 34.9 Å². The van der Waals surface area contributed by atoms with E-state index in [1.165, 1.54) is 17.1 Å². The molecular formula is C24H20F4N10. The molecule has 0 unspecified atom stereocenters. The van der Waals surface area contributed by atoms with Crippen LogP contribution >= 0.6 is 0 Å². The van der Waals surface area contributed by atoms with Crippen molar-refractivity contribution in [3.8, 4) is 5.69 Å². The van der Waals surface area contributed by atoms with E-state index in [-0.39, 0.29) is 11.6 Å². The zero-order chi connectivity index (χ0) is 26.3. The Labute approximate surface area is 213 Å². The number of nitrogens with zero attached hydrogens (tertiary/aromatic N) is 9. The summed E-state index contributed by atoms with van der Waals surface area (Å²) in [6, 6.07) is 8.43. The molecule has 1 aliphatic heterocycles. The van der Waals surface area contributed by atoms with Crippen molar-refractivity contribution in [3.05, 3.63) is 78.5 Å². The molecule has 1 N–H and O–H groups in total. The van der Waals surface area contributed by atoms with Crippen LogP contribution in [-0.4, -0.2) is 52.6 Å². The Morgan fingerprint density at radius 3 is 2.45 bits per heavy atom. The monoisotopic (exact) mass is 524 g/mol. The smallest absolute Gasteiger partial charge is 0.352 e. The van der Waals surface area contributed by atoms with Gasteiger partial charge in [-0.3, -0.25) is 0 Å². The van der Waals surface area contributed by atoms with Gasteiger partial charge in [-0.05, 0) is 53.6 Å². The van der Waals surface area contributed by atoms with Gasteiger partial charge >= 0.3 is 6.18 Å². The van der Waals surface area contributed by atoms with Crippen molar-refractivity contribution in [2.75, 3.05) is 23.3 Å². The first-order valence-electron chi connectivity index (χ1n) is 11.8. The van der Waals surface area contributed by atoms with Crippen molar-refractivity contribution in [2.45, 2.75) is 24.9 Å². The molecule has 1 aromatic carbocycles. The molecule has 0 bridgehead atoms. The minimum absolute atomic E-state index is 0.193. The molecule has 38 heavy (non-hydrogen) atoms. The molecular weight excluding hydrogens is 504 g/mol. The standard InChI is InChI=1S/C24H20F4N10/c25-18-10-17(3-4-20(18)38-14-32-34-35-38)33-19-2-1-7-37-21(13-29-22(19)37)15-5-8-36(9-6-15)23-30-11-16(12-31-23)24(26,27)28/h1-4,7,10-15,33H,5-6,8-9H2. The zero-order valence-corrected chi connectivity index (χ0v) is 19.7. The van der Waals surface area contributed by atoms with Gasteiger partial charge in [-0.15, -0.1) is 5.10 Å². The van der Waals surface area contributed by atoms with Crippen LogP contribution < -0.4 is 10.2 Å². The van der Waals surface area contributed by atoms with E-state index in [9.17, 15) is 17.6 Å². The van der Waals surface area contributed by atoms with E-state index in [0.717, 1.165) is 30.9 Å². The van der Waals surface area contributed by atoms with Crippen molar-refractivity contribution in [1.82, 2.24) is 39.6 Å². The summed E-state index contributed by atoms with van der Waals surface area (Å²) in [5.41, 5.74) is 2.34. The number of hydrogen-bond donors (Lipinski definition) is 1. The van der Waals surface area contributed by atoms with Crippen molar-refractivity contribution >= 4 is 23.0 Å². The number of alkyl halides is 3. The molecule has 0 aliphatic carbocycles. The van der Waals surface area contributed by atoms with Gasteiger partial charge in [0.15, 0.2) is 11.5 Å². The van der Waals surface area contributed by atoms with Crippen LogP contribution in [-0.2, 0) is 6.18 Å². The highest BCUT2D eigenvalue weighted by atomic mass is 19.4. The van der Waals surface area contributed by atoms with E-state index < -0.39 is 17.6 Å². The Bertz CT molecular complexity index is 1560. The molecule has 1 fully saturated rings. The van der Waals surface area contributed by atoms with Gasteiger partial charge in [0.1, 0.15) is 12.0 Å². The number of nitrogens with one attached hydrogen (secondary N) is 1. The van der Waals surface area contributed by atoms with Gasteiger partial charge in [-0.2, -0.15) is 17.9 Å². The first kappa shape index (κ1) is 23.8. The van der Waals surface area contributed by atoms with E-state index in [2.05, 4.69) is 35.8 Å². The van der Waals surface area contributed by atoms with Gasteiger partial charge in [0.25, 0.3) is 0 Å². The van der Waals surface area contributed by atoms with E-state index in [4.69, 9.17) is 0 Å². The molecule has 14 heteroatoms. The Hall–Kier alpha value is -4.62. The highest BCUT2D eigenvalue weighted by Gasteiger charge is 2.32. The molecule has 0 radical (unpaired) electrons. The SMILES string of the molecule is Fc1cc(Nc2cccn3c(C4CCN(c5ncc(C(F)(F)F)cn5)CC4)cnc23)ccc1-n1cnnn1. The van der Waals surface area contributed by atoms with Crippen molar-refractivity contribution < 1.29 is 17.6 Å². The van der Waals surface area contributed by atoms with Gasteiger partial charge in [-0.1, -0.05) is 0 Å². The quantitative estimate of drug-likeness (QED) is 0.338. The summed E-state index contributed by atoms with van der Waals surface area (Å²) in [5, 5.41) is 14.0. The predicted molar refractivity (Wildman–Crippen MR) is 129 cm³/mol. The second kappa shape index (κ2) is 9.36. The Kier molecular flexibility index (Phi) is 5.85. The van der Waals surface area contributed by atoms with E-state index in [0.29, 0.717) is 36.1 Å². The third-order valence-electron chi connectivity index (χ3n) is 6.55. The van der Waals surface area contributed by atoms with Gasteiger partial charge in [0.2, 0.25) is 5.95 Å². The van der Waals surface area contributed by atoms with Crippen molar-refractivity contribution in [1.29, 1.82) is 0 Å². The maximum absolute atomic E-state index is 14.7. The molecule has 0 spiro atoms. The zero-order valence-electron chi connectivity index (χ0n) is 19.7. The molecule has 4 aromatic heterocycles. The number of halogens is 4. The summed E-state index contributed by atoms with van der Waals surface area (Å²) in [6.07, 6.45) is 3.78. The molecule has 5 aromatic rings. The van der Waals surface area contributed by atoms with Crippen LogP contribution in [0.5, 0.6) is 0 Å². The first-order chi connectivity index (χ1) is 18.4. The lowest BCUT2D eigenvalue weighted by Gasteiger charge is -2.31. The van der Waals surface area contributed by atoms with Crippen LogP contribution in [0.1, 0.15) is 30.0 Å². The summed E-state index contributed by atoms with van der Waals surface area (Å²) in [4.78, 5) is 14.3. The van der Waals surface area contributed by atoms with Crippen molar-refractivity contribution in [3.63, 3.8) is 0 Å². The number of piperidine rings is 1. The Morgan fingerprint density at radius 1 is 0.974 bits per heavy atom. The summed E-state index contributed by atoms with van der Waals surface area (Å²) in [5.74, 6) is 0.000413. The number of fused-ring (bicyclic) bond motifs is 1. The van der Waals surface area contributed by atoms with E-state index in [1.54, 1.807) is 12.1 Å². The molecule has 5 heterocycles. The fraction of sp³-hybridized carbons (Fsp3) is 0.250. The largest absolute Gasteiger partial charge is 0.419 e.